The number of esters is 1. The SMILES string of the molecule is CC[C@H](C)[C@H](NC(=O)[C@@H](CC(C)C)NC(=O)OC(C)(C)C)C(=O)N[C@@H](CCC(=O)OCc1ccccc1)C(N)=O. The summed E-state index contributed by atoms with van der Waals surface area (Å²) in [7, 11) is 0. The molecule has 11 nitrogen and oxygen atoms in total. The van der Waals surface area contributed by atoms with Gasteiger partial charge in [-0.05, 0) is 51.0 Å². The molecular formula is C29H46N4O7. The van der Waals surface area contributed by atoms with Crippen molar-refractivity contribution in [3.63, 3.8) is 0 Å². The molecule has 0 radical (unpaired) electrons. The molecule has 0 saturated carbocycles. The molecule has 5 N–H and O–H groups in total. The number of amides is 4. The number of hydrogen-bond donors (Lipinski definition) is 4. The third-order valence-electron chi connectivity index (χ3n) is 6.05. The van der Waals surface area contributed by atoms with Gasteiger partial charge in [-0.3, -0.25) is 19.2 Å². The van der Waals surface area contributed by atoms with Gasteiger partial charge >= 0.3 is 12.1 Å². The second kappa shape index (κ2) is 16.5. The highest BCUT2D eigenvalue weighted by Gasteiger charge is 2.33. The number of carbonyl (C=O) groups excluding carboxylic acids is 5. The fraction of sp³-hybridized carbons (Fsp3) is 0.621. The van der Waals surface area contributed by atoms with Crippen LogP contribution in [0.25, 0.3) is 0 Å². The van der Waals surface area contributed by atoms with Gasteiger partial charge in [0, 0.05) is 6.42 Å². The monoisotopic (exact) mass is 562 g/mol. The summed E-state index contributed by atoms with van der Waals surface area (Å²) in [6.07, 6.45) is -0.0938. The van der Waals surface area contributed by atoms with Crippen LogP contribution in [0.1, 0.15) is 79.7 Å². The van der Waals surface area contributed by atoms with Crippen LogP contribution in [0.5, 0.6) is 0 Å². The lowest BCUT2D eigenvalue weighted by Crippen LogP contribution is -2.58. The van der Waals surface area contributed by atoms with Crippen LogP contribution in [0.2, 0.25) is 0 Å². The largest absolute Gasteiger partial charge is 0.461 e. The van der Waals surface area contributed by atoms with Crippen LogP contribution in [0.4, 0.5) is 4.79 Å². The lowest BCUT2D eigenvalue weighted by Gasteiger charge is -2.29. The predicted molar refractivity (Wildman–Crippen MR) is 151 cm³/mol. The van der Waals surface area contributed by atoms with Crippen LogP contribution in [0, 0.1) is 11.8 Å². The van der Waals surface area contributed by atoms with Crippen molar-refractivity contribution in [1.82, 2.24) is 16.0 Å². The minimum absolute atomic E-state index is 0.0578. The standard InChI is InChI=1S/C29H46N4O7/c1-8-19(4)24(33-26(36)22(16-18(2)3)32-28(38)40-29(5,6)7)27(37)31-21(25(30)35)14-15-23(34)39-17-20-12-10-9-11-13-20/h9-13,18-19,21-22,24H,8,14-17H2,1-7H3,(H2,30,35)(H,31,37)(H,32,38)(H,33,36)/t19-,21-,22+,24-/m0/s1. The molecule has 0 spiro atoms. The minimum atomic E-state index is -1.15. The zero-order valence-corrected chi connectivity index (χ0v) is 24.7. The Morgan fingerprint density at radius 1 is 0.900 bits per heavy atom. The van der Waals surface area contributed by atoms with Crippen molar-refractivity contribution in [3.05, 3.63) is 35.9 Å². The first kappa shape index (κ1) is 34.4. The fourth-order valence-electron chi connectivity index (χ4n) is 3.73. The Labute approximate surface area is 237 Å². The highest BCUT2D eigenvalue weighted by molar-refractivity contribution is 5.93. The molecule has 1 aromatic rings. The topological polar surface area (TPSA) is 166 Å². The highest BCUT2D eigenvalue weighted by Crippen LogP contribution is 2.13. The van der Waals surface area contributed by atoms with Crippen LogP contribution < -0.4 is 21.7 Å². The average Bonchev–Trinajstić information content (AvgIpc) is 2.86. The van der Waals surface area contributed by atoms with Crippen molar-refractivity contribution >= 4 is 29.8 Å². The van der Waals surface area contributed by atoms with Crippen LogP contribution in [-0.4, -0.2) is 53.5 Å². The zero-order valence-electron chi connectivity index (χ0n) is 24.7. The van der Waals surface area contributed by atoms with Gasteiger partial charge < -0.3 is 31.2 Å². The lowest BCUT2D eigenvalue weighted by molar-refractivity contribution is -0.145. The number of hydrogen-bond acceptors (Lipinski definition) is 7. The van der Waals surface area contributed by atoms with E-state index in [1.807, 2.05) is 51.1 Å². The van der Waals surface area contributed by atoms with Crippen molar-refractivity contribution < 1.29 is 33.4 Å². The molecule has 0 saturated heterocycles. The van der Waals surface area contributed by atoms with Gasteiger partial charge in [-0.2, -0.15) is 0 Å². The maximum atomic E-state index is 13.2. The van der Waals surface area contributed by atoms with E-state index < -0.39 is 53.5 Å². The molecule has 0 aliphatic heterocycles. The van der Waals surface area contributed by atoms with Gasteiger partial charge in [0.05, 0.1) is 0 Å². The molecule has 0 unspecified atom stereocenters. The first-order valence-corrected chi connectivity index (χ1v) is 13.7. The molecule has 4 atom stereocenters. The maximum absolute atomic E-state index is 13.2. The predicted octanol–water partition coefficient (Wildman–Crippen LogP) is 2.95. The Bertz CT molecular complexity index is 992. The second-order valence-electron chi connectivity index (χ2n) is 11.3. The van der Waals surface area contributed by atoms with Crippen molar-refractivity contribution in [1.29, 1.82) is 0 Å². The number of nitrogens with two attached hydrogens (primary N) is 1. The number of alkyl carbamates (subject to hydrolysis) is 1. The molecule has 224 valence electrons. The first-order valence-electron chi connectivity index (χ1n) is 13.7. The number of nitrogens with one attached hydrogen (secondary N) is 3. The Morgan fingerprint density at radius 2 is 1.52 bits per heavy atom. The van der Waals surface area contributed by atoms with Gasteiger partial charge in [-0.25, -0.2) is 4.79 Å². The molecule has 0 aliphatic rings. The molecule has 11 heteroatoms. The van der Waals surface area contributed by atoms with Crippen molar-refractivity contribution in [2.45, 2.75) is 104 Å². The van der Waals surface area contributed by atoms with Gasteiger partial charge in [0.25, 0.3) is 0 Å². The summed E-state index contributed by atoms with van der Waals surface area (Å²) >= 11 is 0. The molecule has 4 amide bonds. The second-order valence-corrected chi connectivity index (χ2v) is 11.3. The zero-order chi connectivity index (χ0) is 30.5. The normalized spacial score (nSPS) is 14.3. The summed E-state index contributed by atoms with van der Waals surface area (Å²) < 4.78 is 10.5. The summed E-state index contributed by atoms with van der Waals surface area (Å²) in [4.78, 5) is 63.1. The number of carbonyl (C=O) groups is 5. The molecule has 0 fully saturated rings. The molecular weight excluding hydrogens is 516 g/mol. The number of rotatable bonds is 15. The van der Waals surface area contributed by atoms with E-state index in [9.17, 15) is 24.0 Å². The summed E-state index contributed by atoms with van der Waals surface area (Å²) in [5.74, 6) is -2.79. The van der Waals surface area contributed by atoms with E-state index in [1.165, 1.54) is 0 Å². The van der Waals surface area contributed by atoms with E-state index in [2.05, 4.69) is 16.0 Å². The minimum Gasteiger partial charge on any atom is -0.461 e. The smallest absolute Gasteiger partial charge is 0.408 e. The van der Waals surface area contributed by atoms with E-state index >= 15 is 0 Å². The Balaban J connectivity index is 2.87. The number of benzene rings is 1. The number of ether oxygens (including phenoxy) is 2. The molecule has 0 aromatic heterocycles. The Hall–Kier alpha value is -3.63. The van der Waals surface area contributed by atoms with Crippen LogP contribution in [-0.2, 0) is 35.3 Å². The summed E-state index contributed by atoms with van der Waals surface area (Å²) in [5.41, 5.74) is 5.57. The van der Waals surface area contributed by atoms with Crippen LogP contribution in [0.3, 0.4) is 0 Å². The summed E-state index contributed by atoms with van der Waals surface area (Å²) in [6, 6.07) is 6.03. The van der Waals surface area contributed by atoms with Crippen LogP contribution >= 0.6 is 0 Å². The van der Waals surface area contributed by atoms with Gasteiger partial charge in [0.15, 0.2) is 0 Å². The number of primary amides is 1. The molecule has 0 aliphatic carbocycles. The third-order valence-corrected chi connectivity index (χ3v) is 6.05. The van der Waals surface area contributed by atoms with E-state index in [4.69, 9.17) is 15.2 Å². The lowest BCUT2D eigenvalue weighted by atomic mass is 9.96. The van der Waals surface area contributed by atoms with Gasteiger partial charge in [0.2, 0.25) is 17.7 Å². The quantitative estimate of drug-likeness (QED) is 0.239. The molecule has 0 bridgehead atoms. The van der Waals surface area contributed by atoms with E-state index in [0.29, 0.717) is 12.8 Å². The van der Waals surface area contributed by atoms with E-state index in [1.54, 1.807) is 27.7 Å². The highest BCUT2D eigenvalue weighted by atomic mass is 16.6. The van der Waals surface area contributed by atoms with Crippen LogP contribution in [0.15, 0.2) is 30.3 Å². The van der Waals surface area contributed by atoms with E-state index in [-0.39, 0.29) is 31.3 Å². The molecule has 0 heterocycles. The Morgan fingerprint density at radius 3 is 2.05 bits per heavy atom. The fourth-order valence-corrected chi connectivity index (χ4v) is 3.73. The van der Waals surface area contributed by atoms with Crippen molar-refractivity contribution in [2.75, 3.05) is 0 Å². The summed E-state index contributed by atoms with van der Waals surface area (Å²) in [5, 5.41) is 7.88. The van der Waals surface area contributed by atoms with Gasteiger partial charge in [-0.15, -0.1) is 0 Å². The molecule has 40 heavy (non-hydrogen) atoms. The third kappa shape index (κ3) is 13.4. The van der Waals surface area contributed by atoms with Gasteiger partial charge in [0.1, 0.15) is 30.3 Å². The average molecular weight is 563 g/mol. The Kier molecular flexibility index (Phi) is 14.2. The van der Waals surface area contributed by atoms with Crippen molar-refractivity contribution in [3.8, 4) is 0 Å². The molecule has 1 aromatic carbocycles. The molecule has 1 rings (SSSR count). The van der Waals surface area contributed by atoms with Crippen molar-refractivity contribution in [2.24, 2.45) is 17.6 Å². The van der Waals surface area contributed by atoms with Gasteiger partial charge in [-0.1, -0.05) is 64.4 Å². The summed E-state index contributed by atoms with van der Waals surface area (Å²) in [6.45, 7) is 12.7. The maximum Gasteiger partial charge on any atom is 0.408 e. The van der Waals surface area contributed by atoms with E-state index in [0.717, 1.165) is 5.56 Å². The first-order chi connectivity index (χ1) is 18.6.